The fourth-order valence-corrected chi connectivity index (χ4v) is 2.35. The first kappa shape index (κ1) is 13.1. The van der Waals surface area contributed by atoms with Gasteiger partial charge in [-0.1, -0.05) is 0 Å². The van der Waals surface area contributed by atoms with E-state index in [2.05, 4.69) is 5.32 Å². The fraction of sp³-hybridized carbons (Fsp3) is 0.545. The molecule has 1 aromatic rings. The number of methoxy groups -OCH3 is 1. The van der Waals surface area contributed by atoms with E-state index < -0.39 is 5.54 Å². The highest BCUT2D eigenvalue weighted by molar-refractivity contribution is 7.98. The van der Waals surface area contributed by atoms with Gasteiger partial charge < -0.3 is 14.5 Å². The fourth-order valence-electron chi connectivity index (χ4n) is 1.21. The van der Waals surface area contributed by atoms with Crippen LogP contribution in [0.4, 0.5) is 0 Å². The number of hydrogen-bond donors (Lipinski definition) is 1. The van der Waals surface area contributed by atoms with Crippen molar-refractivity contribution in [1.82, 2.24) is 5.32 Å². The molecule has 0 radical (unpaired) electrons. The molecule has 0 aliphatic rings. The van der Waals surface area contributed by atoms with Crippen LogP contribution in [0.15, 0.2) is 22.8 Å². The van der Waals surface area contributed by atoms with Gasteiger partial charge in [-0.15, -0.1) is 0 Å². The minimum atomic E-state index is -0.647. The summed E-state index contributed by atoms with van der Waals surface area (Å²) in [6, 6.07) is 3.77. The molecular weight excluding hydrogens is 226 g/mol. The summed E-state index contributed by atoms with van der Waals surface area (Å²) in [7, 11) is 3.15. The molecule has 16 heavy (non-hydrogen) atoms. The van der Waals surface area contributed by atoms with Crippen molar-refractivity contribution >= 4 is 17.7 Å². The second kappa shape index (κ2) is 5.96. The summed E-state index contributed by atoms with van der Waals surface area (Å²) in [4.78, 5) is 11.5. The monoisotopic (exact) mass is 243 g/mol. The molecule has 0 saturated carbocycles. The Hall–Kier alpha value is -0.940. The molecule has 90 valence electrons. The number of furan rings is 1. The van der Waals surface area contributed by atoms with Gasteiger partial charge in [-0.2, -0.15) is 11.8 Å². The van der Waals surface area contributed by atoms with Gasteiger partial charge in [0.25, 0.3) is 0 Å². The summed E-state index contributed by atoms with van der Waals surface area (Å²) in [6.45, 7) is 1.83. The third-order valence-corrected chi connectivity index (χ3v) is 3.67. The van der Waals surface area contributed by atoms with Crippen LogP contribution in [-0.2, 0) is 15.3 Å². The normalized spacial score (nSPS) is 14.4. The van der Waals surface area contributed by atoms with E-state index in [0.717, 1.165) is 11.5 Å². The molecule has 0 aliphatic carbocycles. The number of carbonyl (C=O) groups is 1. The van der Waals surface area contributed by atoms with E-state index in [9.17, 15) is 4.79 Å². The van der Waals surface area contributed by atoms with Gasteiger partial charge in [0, 0.05) is 5.75 Å². The summed E-state index contributed by atoms with van der Waals surface area (Å²) in [5.74, 6) is 2.05. The molecule has 0 amide bonds. The van der Waals surface area contributed by atoms with Gasteiger partial charge in [0.05, 0.1) is 19.1 Å². The lowest BCUT2D eigenvalue weighted by atomic mass is 10.1. The van der Waals surface area contributed by atoms with Crippen molar-refractivity contribution in [3.8, 4) is 0 Å². The van der Waals surface area contributed by atoms with Crippen LogP contribution < -0.4 is 5.32 Å². The third-order valence-electron chi connectivity index (χ3n) is 2.40. The first-order valence-corrected chi connectivity index (χ1v) is 6.15. The maximum atomic E-state index is 11.5. The maximum Gasteiger partial charge on any atom is 0.326 e. The maximum absolute atomic E-state index is 11.5. The standard InChI is InChI=1S/C11H17NO3S/c1-11(12-2,10(13)14-3)8-16-7-9-5-4-6-15-9/h4-6,12H,7-8H2,1-3H3. The topological polar surface area (TPSA) is 51.5 Å². The van der Waals surface area contributed by atoms with Crippen molar-refractivity contribution in [2.75, 3.05) is 19.9 Å². The van der Waals surface area contributed by atoms with E-state index in [1.165, 1.54) is 7.11 Å². The smallest absolute Gasteiger partial charge is 0.326 e. The summed E-state index contributed by atoms with van der Waals surface area (Å²) < 4.78 is 9.97. The number of rotatable bonds is 6. The quantitative estimate of drug-likeness (QED) is 0.770. The zero-order chi connectivity index (χ0) is 12.0. The molecule has 1 unspecified atom stereocenters. The third kappa shape index (κ3) is 3.28. The Labute approximate surface area is 99.7 Å². The van der Waals surface area contributed by atoms with Gasteiger partial charge in [-0.3, -0.25) is 4.79 Å². The zero-order valence-corrected chi connectivity index (χ0v) is 10.6. The van der Waals surface area contributed by atoms with E-state index >= 15 is 0 Å². The number of carbonyl (C=O) groups excluding carboxylic acids is 1. The Morgan fingerprint density at radius 2 is 2.44 bits per heavy atom. The van der Waals surface area contributed by atoms with E-state index in [4.69, 9.17) is 9.15 Å². The molecule has 1 N–H and O–H groups in total. The molecule has 0 bridgehead atoms. The Kier molecular flexibility index (Phi) is 4.89. The molecule has 4 nitrogen and oxygen atoms in total. The number of thioether (sulfide) groups is 1. The minimum absolute atomic E-state index is 0.248. The lowest BCUT2D eigenvalue weighted by molar-refractivity contribution is -0.146. The number of likely N-dealkylation sites (N-methyl/N-ethyl adjacent to an activating group) is 1. The van der Waals surface area contributed by atoms with E-state index in [0.29, 0.717) is 5.75 Å². The van der Waals surface area contributed by atoms with Crippen LogP contribution in [0.25, 0.3) is 0 Å². The van der Waals surface area contributed by atoms with Gasteiger partial charge in [-0.05, 0) is 26.1 Å². The molecule has 1 atom stereocenters. The average molecular weight is 243 g/mol. The van der Waals surface area contributed by atoms with Crippen LogP contribution in [0, 0.1) is 0 Å². The molecule has 1 heterocycles. The number of esters is 1. The first-order chi connectivity index (χ1) is 7.62. The number of nitrogens with one attached hydrogen (secondary N) is 1. The molecule has 0 aromatic carbocycles. The Morgan fingerprint density at radius 1 is 1.69 bits per heavy atom. The van der Waals surface area contributed by atoms with Crippen LogP contribution in [-0.4, -0.2) is 31.4 Å². The van der Waals surface area contributed by atoms with Crippen LogP contribution >= 0.6 is 11.8 Å². The van der Waals surface area contributed by atoms with Gasteiger partial charge >= 0.3 is 5.97 Å². The lowest BCUT2D eigenvalue weighted by Gasteiger charge is -2.25. The largest absolute Gasteiger partial charge is 0.468 e. The van der Waals surface area contributed by atoms with Gasteiger partial charge in [0.15, 0.2) is 0 Å². The second-order valence-corrected chi connectivity index (χ2v) is 4.63. The van der Waals surface area contributed by atoms with Crippen molar-refractivity contribution in [2.45, 2.75) is 18.2 Å². The predicted molar refractivity (Wildman–Crippen MR) is 64.4 cm³/mol. The second-order valence-electron chi connectivity index (χ2n) is 3.65. The van der Waals surface area contributed by atoms with Crippen molar-refractivity contribution < 1.29 is 13.9 Å². The molecule has 1 rings (SSSR count). The highest BCUT2D eigenvalue weighted by Gasteiger charge is 2.32. The lowest BCUT2D eigenvalue weighted by Crippen LogP contribution is -2.50. The van der Waals surface area contributed by atoms with E-state index in [1.54, 1.807) is 25.1 Å². The molecular formula is C11H17NO3S. The molecule has 0 spiro atoms. The highest BCUT2D eigenvalue weighted by atomic mass is 32.2. The summed E-state index contributed by atoms with van der Waals surface area (Å²) in [5.41, 5.74) is -0.647. The van der Waals surface area contributed by atoms with E-state index in [-0.39, 0.29) is 5.97 Å². The molecule has 1 aromatic heterocycles. The van der Waals surface area contributed by atoms with E-state index in [1.807, 2.05) is 19.1 Å². The zero-order valence-electron chi connectivity index (χ0n) is 9.78. The van der Waals surface area contributed by atoms with Crippen LogP contribution in [0.3, 0.4) is 0 Å². The Bertz CT molecular complexity index is 326. The minimum Gasteiger partial charge on any atom is -0.468 e. The van der Waals surface area contributed by atoms with Crippen molar-refractivity contribution in [1.29, 1.82) is 0 Å². The molecule has 0 saturated heterocycles. The molecule has 0 fully saturated rings. The first-order valence-electron chi connectivity index (χ1n) is 5.00. The SMILES string of the molecule is CNC(C)(CSCc1ccco1)C(=O)OC. The number of ether oxygens (including phenoxy) is 1. The van der Waals surface area contributed by atoms with Crippen LogP contribution in [0.5, 0.6) is 0 Å². The average Bonchev–Trinajstić information content (AvgIpc) is 2.80. The number of hydrogen-bond acceptors (Lipinski definition) is 5. The van der Waals surface area contributed by atoms with Crippen LogP contribution in [0.2, 0.25) is 0 Å². The van der Waals surface area contributed by atoms with Gasteiger partial charge in [0.1, 0.15) is 11.3 Å². The molecule has 0 aliphatic heterocycles. The Balaban J connectivity index is 2.42. The van der Waals surface area contributed by atoms with Crippen LogP contribution in [0.1, 0.15) is 12.7 Å². The van der Waals surface area contributed by atoms with Crippen molar-refractivity contribution in [2.24, 2.45) is 0 Å². The summed E-state index contributed by atoms with van der Waals surface area (Å²) in [6.07, 6.45) is 1.65. The van der Waals surface area contributed by atoms with Crippen molar-refractivity contribution in [3.63, 3.8) is 0 Å². The van der Waals surface area contributed by atoms with Gasteiger partial charge in [-0.25, -0.2) is 0 Å². The predicted octanol–water partition coefficient (Wildman–Crippen LogP) is 1.66. The molecule has 5 heteroatoms. The van der Waals surface area contributed by atoms with Crippen molar-refractivity contribution in [3.05, 3.63) is 24.2 Å². The highest BCUT2D eigenvalue weighted by Crippen LogP contribution is 2.19. The van der Waals surface area contributed by atoms with Gasteiger partial charge in [0.2, 0.25) is 0 Å². The Morgan fingerprint density at radius 3 is 2.94 bits per heavy atom. The summed E-state index contributed by atoms with van der Waals surface area (Å²) >= 11 is 1.63. The summed E-state index contributed by atoms with van der Waals surface area (Å²) in [5, 5.41) is 2.98.